The summed E-state index contributed by atoms with van der Waals surface area (Å²) in [6.45, 7) is 2.87. The van der Waals surface area contributed by atoms with E-state index in [1.807, 2.05) is 49.4 Å². The number of rotatable bonds is 3. The van der Waals surface area contributed by atoms with E-state index in [1.165, 1.54) is 23.9 Å². The molecule has 2 heterocycles. The zero-order valence-electron chi connectivity index (χ0n) is 17.5. The van der Waals surface area contributed by atoms with Gasteiger partial charge in [0.05, 0.1) is 12.2 Å². The molecule has 1 N–H and O–H groups in total. The van der Waals surface area contributed by atoms with Crippen LogP contribution in [0.1, 0.15) is 16.7 Å². The molecule has 2 aliphatic heterocycles. The quantitative estimate of drug-likeness (QED) is 0.607. The number of nitrogens with zero attached hydrogens (tertiary/aromatic N) is 2. The van der Waals surface area contributed by atoms with Crippen LogP contribution < -0.4 is 10.2 Å². The Labute approximate surface area is 190 Å². The van der Waals surface area contributed by atoms with E-state index in [9.17, 15) is 14.0 Å². The van der Waals surface area contributed by atoms with Gasteiger partial charge in [0, 0.05) is 23.5 Å². The highest BCUT2D eigenvalue weighted by molar-refractivity contribution is 8.01. The molecule has 0 aliphatic carbocycles. The van der Waals surface area contributed by atoms with Crippen molar-refractivity contribution in [3.63, 3.8) is 0 Å². The monoisotopic (exact) mass is 447 g/mol. The highest BCUT2D eigenvalue weighted by Gasteiger charge is 2.59. The molecule has 0 saturated carbocycles. The van der Waals surface area contributed by atoms with Crippen molar-refractivity contribution in [3.8, 4) is 0 Å². The fourth-order valence-electron chi connectivity index (χ4n) is 4.48. The summed E-state index contributed by atoms with van der Waals surface area (Å²) < 4.78 is 13.6. The number of carbonyl (C=O) groups is 2. The number of amides is 3. The lowest BCUT2D eigenvalue weighted by molar-refractivity contribution is -0.123. The number of aryl methyl sites for hydroxylation is 1. The number of halogens is 1. The van der Waals surface area contributed by atoms with Crippen LogP contribution in [0.25, 0.3) is 0 Å². The summed E-state index contributed by atoms with van der Waals surface area (Å²) in [5, 5.41) is 2.76. The molecule has 0 bridgehead atoms. The molecular weight excluding hydrogens is 425 g/mol. The maximum Gasteiger partial charge on any atom is 0.323 e. The molecule has 32 heavy (non-hydrogen) atoms. The van der Waals surface area contributed by atoms with Crippen LogP contribution in [-0.2, 0) is 16.2 Å². The molecule has 5 rings (SSSR count). The molecule has 1 spiro atoms. The smallest absolute Gasteiger partial charge is 0.308 e. The summed E-state index contributed by atoms with van der Waals surface area (Å²) in [5.41, 5.74) is 4.15. The third-order valence-electron chi connectivity index (χ3n) is 5.85. The van der Waals surface area contributed by atoms with Gasteiger partial charge in [-0.25, -0.2) is 9.18 Å². The zero-order valence-corrected chi connectivity index (χ0v) is 18.4. The molecule has 0 aromatic heterocycles. The van der Waals surface area contributed by atoms with Crippen molar-refractivity contribution in [2.75, 3.05) is 22.5 Å². The Morgan fingerprint density at radius 1 is 1.09 bits per heavy atom. The average molecular weight is 448 g/mol. The maximum absolute atomic E-state index is 13.9. The van der Waals surface area contributed by atoms with Crippen LogP contribution in [0, 0.1) is 12.7 Å². The zero-order chi connectivity index (χ0) is 22.3. The molecular formula is C25H22FN3O2S. The minimum absolute atomic E-state index is 0.128. The van der Waals surface area contributed by atoms with Gasteiger partial charge in [0.1, 0.15) is 5.82 Å². The number of benzene rings is 3. The first-order valence-corrected chi connectivity index (χ1v) is 11.4. The first-order valence-electron chi connectivity index (χ1n) is 10.4. The van der Waals surface area contributed by atoms with E-state index in [-0.39, 0.29) is 5.91 Å². The first-order chi connectivity index (χ1) is 15.5. The third-order valence-corrected chi connectivity index (χ3v) is 7.26. The van der Waals surface area contributed by atoms with Gasteiger partial charge in [-0.05, 0) is 36.8 Å². The number of carbonyl (C=O) groups excluding carboxylic acids is 2. The third kappa shape index (κ3) is 3.33. The number of thioether (sulfide) groups is 1. The predicted octanol–water partition coefficient (Wildman–Crippen LogP) is 5.11. The molecule has 0 unspecified atom stereocenters. The molecule has 3 amide bonds. The Balaban J connectivity index is 1.51. The van der Waals surface area contributed by atoms with Gasteiger partial charge in [-0.1, -0.05) is 54.1 Å². The second-order valence-corrected chi connectivity index (χ2v) is 9.27. The minimum Gasteiger partial charge on any atom is -0.308 e. The first kappa shape index (κ1) is 20.6. The molecule has 1 saturated heterocycles. The van der Waals surface area contributed by atoms with Gasteiger partial charge in [-0.2, -0.15) is 0 Å². The highest BCUT2D eigenvalue weighted by Crippen LogP contribution is 2.54. The lowest BCUT2D eigenvalue weighted by Crippen LogP contribution is -2.51. The van der Waals surface area contributed by atoms with Crippen LogP contribution in [0.3, 0.4) is 0 Å². The van der Waals surface area contributed by atoms with Crippen LogP contribution in [0.15, 0.2) is 72.8 Å². The minimum atomic E-state index is -1.13. The Morgan fingerprint density at radius 2 is 1.91 bits per heavy atom. The van der Waals surface area contributed by atoms with Gasteiger partial charge >= 0.3 is 6.03 Å². The molecule has 162 valence electrons. The number of para-hydroxylation sites is 1. The molecule has 1 atom stereocenters. The lowest BCUT2D eigenvalue weighted by atomic mass is 10.1. The average Bonchev–Trinajstić information content (AvgIpc) is 3.31. The van der Waals surface area contributed by atoms with Crippen LogP contribution in [-0.4, -0.2) is 29.1 Å². The number of hydrogen-bond donors (Lipinski definition) is 1. The Morgan fingerprint density at radius 3 is 2.72 bits per heavy atom. The molecule has 7 heteroatoms. The van der Waals surface area contributed by atoms with Gasteiger partial charge in [-0.3, -0.25) is 9.69 Å². The van der Waals surface area contributed by atoms with E-state index in [2.05, 4.69) is 11.4 Å². The molecule has 3 aromatic carbocycles. The van der Waals surface area contributed by atoms with E-state index in [0.29, 0.717) is 24.5 Å². The SMILES string of the molecule is Cc1cccc(CN2C(=O)[C@@]3(SCCN3C(=O)Nc3cccc(F)c3)c3ccccc32)c1. The fraction of sp³-hybridized carbons (Fsp3) is 0.200. The summed E-state index contributed by atoms with van der Waals surface area (Å²) in [5.74, 6) is 0.0756. The summed E-state index contributed by atoms with van der Waals surface area (Å²) in [6.07, 6.45) is 0. The largest absolute Gasteiger partial charge is 0.323 e. The van der Waals surface area contributed by atoms with Crippen molar-refractivity contribution in [2.45, 2.75) is 18.3 Å². The van der Waals surface area contributed by atoms with Crippen LogP contribution in [0.5, 0.6) is 0 Å². The summed E-state index contributed by atoms with van der Waals surface area (Å²) in [7, 11) is 0. The van der Waals surface area contributed by atoms with Crippen molar-refractivity contribution in [2.24, 2.45) is 0 Å². The molecule has 0 radical (unpaired) electrons. The highest BCUT2D eigenvalue weighted by atomic mass is 32.2. The van der Waals surface area contributed by atoms with Gasteiger partial charge < -0.3 is 10.2 Å². The molecule has 3 aromatic rings. The summed E-state index contributed by atoms with van der Waals surface area (Å²) in [6, 6.07) is 21.1. The number of urea groups is 1. The number of fused-ring (bicyclic) bond motifs is 2. The predicted molar refractivity (Wildman–Crippen MR) is 125 cm³/mol. The van der Waals surface area contributed by atoms with E-state index in [1.54, 1.807) is 21.9 Å². The van der Waals surface area contributed by atoms with E-state index < -0.39 is 16.7 Å². The summed E-state index contributed by atoms with van der Waals surface area (Å²) >= 11 is 1.47. The van der Waals surface area contributed by atoms with Crippen molar-refractivity contribution < 1.29 is 14.0 Å². The molecule has 5 nitrogen and oxygen atoms in total. The number of nitrogens with one attached hydrogen (secondary N) is 1. The fourth-order valence-corrected chi connectivity index (χ4v) is 5.94. The number of anilines is 2. The van der Waals surface area contributed by atoms with Gasteiger partial charge in [-0.15, -0.1) is 11.8 Å². The van der Waals surface area contributed by atoms with Crippen molar-refractivity contribution in [1.82, 2.24) is 4.90 Å². The van der Waals surface area contributed by atoms with E-state index >= 15 is 0 Å². The normalized spacial score (nSPS) is 19.5. The maximum atomic E-state index is 13.9. The van der Waals surface area contributed by atoms with Crippen LogP contribution >= 0.6 is 11.8 Å². The second kappa shape index (κ2) is 7.98. The summed E-state index contributed by atoms with van der Waals surface area (Å²) in [4.78, 5) is 29.4. The van der Waals surface area contributed by atoms with E-state index in [4.69, 9.17) is 0 Å². The standard InChI is InChI=1S/C25H22FN3O2S/c1-17-6-4-7-18(14-17)16-28-22-11-3-2-10-21(22)25(23(28)30)29(12-13-32-25)24(31)27-20-9-5-8-19(26)15-20/h2-11,14-15H,12-13,16H2,1H3,(H,27,31)/t25-/m0/s1. The van der Waals surface area contributed by atoms with Gasteiger partial charge in [0.15, 0.2) is 4.87 Å². The lowest BCUT2D eigenvalue weighted by Gasteiger charge is -2.33. The van der Waals surface area contributed by atoms with Gasteiger partial charge in [0.2, 0.25) is 0 Å². The van der Waals surface area contributed by atoms with Crippen molar-refractivity contribution in [1.29, 1.82) is 0 Å². The van der Waals surface area contributed by atoms with E-state index in [0.717, 1.165) is 22.4 Å². The topological polar surface area (TPSA) is 52.7 Å². The van der Waals surface area contributed by atoms with Crippen molar-refractivity contribution >= 4 is 35.1 Å². The van der Waals surface area contributed by atoms with Crippen LogP contribution in [0.4, 0.5) is 20.6 Å². The molecule has 2 aliphatic rings. The Kier molecular flexibility index (Phi) is 5.13. The Hall–Kier alpha value is -3.32. The van der Waals surface area contributed by atoms with Crippen molar-refractivity contribution in [3.05, 3.63) is 95.3 Å². The van der Waals surface area contributed by atoms with Gasteiger partial charge in [0.25, 0.3) is 5.91 Å². The number of hydrogen-bond acceptors (Lipinski definition) is 3. The molecule has 1 fully saturated rings. The second-order valence-electron chi connectivity index (χ2n) is 7.98. The Bertz CT molecular complexity index is 1220. The van der Waals surface area contributed by atoms with Crippen LogP contribution in [0.2, 0.25) is 0 Å².